The van der Waals surface area contributed by atoms with Crippen LogP contribution in [0.5, 0.6) is 0 Å². The number of nitrogens with zero attached hydrogens (tertiary/aromatic N) is 2. The molecule has 2 aromatic heterocycles. The summed E-state index contributed by atoms with van der Waals surface area (Å²) >= 11 is 1.50. The Balaban J connectivity index is 0.00000225. The Kier molecular flexibility index (Phi) is 7.30. The molecule has 0 atom stereocenters. The SMILES string of the molecule is Cl.O=C(CNC(=O)c1ccccn1)Nc1ncc(C2CCNCC2)s1. The number of hydrogen-bond donors (Lipinski definition) is 3. The molecule has 9 heteroatoms. The fourth-order valence-electron chi connectivity index (χ4n) is 2.55. The van der Waals surface area contributed by atoms with E-state index in [1.165, 1.54) is 22.4 Å². The van der Waals surface area contributed by atoms with Gasteiger partial charge in [0, 0.05) is 17.3 Å². The van der Waals surface area contributed by atoms with Crippen molar-refractivity contribution in [1.82, 2.24) is 20.6 Å². The molecule has 0 aliphatic carbocycles. The maximum absolute atomic E-state index is 11.9. The summed E-state index contributed by atoms with van der Waals surface area (Å²) in [4.78, 5) is 33.2. The maximum Gasteiger partial charge on any atom is 0.270 e. The molecule has 134 valence electrons. The number of carbonyl (C=O) groups is 2. The molecular weight excluding hydrogens is 362 g/mol. The van der Waals surface area contributed by atoms with Gasteiger partial charge in [0.25, 0.3) is 5.91 Å². The van der Waals surface area contributed by atoms with Crippen LogP contribution in [0.15, 0.2) is 30.6 Å². The molecule has 3 heterocycles. The van der Waals surface area contributed by atoms with E-state index >= 15 is 0 Å². The highest BCUT2D eigenvalue weighted by molar-refractivity contribution is 7.15. The van der Waals surface area contributed by atoms with Crippen molar-refractivity contribution in [3.63, 3.8) is 0 Å². The van der Waals surface area contributed by atoms with Crippen LogP contribution in [-0.2, 0) is 4.79 Å². The van der Waals surface area contributed by atoms with Gasteiger partial charge in [0.2, 0.25) is 5.91 Å². The predicted octanol–water partition coefficient (Wildman–Crippen LogP) is 1.80. The Hall–Kier alpha value is -2.03. The lowest BCUT2D eigenvalue weighted by Crippen LogP contribution is -2.33. The van der Waals surface area contributed by atoms with Crippen LogP contribution in [-0.4, -0.2) is 41.4 Å². The minimum absolute atomic E-state index is 0. The Labute approximate surface area is 156 Å². The van der Waals surface area contributed by atoms with Crippen LogP contribution in [0.4, 0.5) is 5.13 Å². The summed E-state index contributed by atoms with van der Waals surface area (Å²) in [5.74, 6) is -0.163. The van der Waals surface area contributed by atoms with Gasteiger partial charge in [-0.2, -0.15) is 0 Å². The standard InChI is InChI=1S/C16H19N5O2S.ClH/c22-14(10-19-15(23)12-3-1-2-6-18-12)21-16-20-9-13(24-16)11-4-7-17-8-5-11;/h1-3,6,9,11,17H,4-5,7-8,10H2,(H,19,23)(H,20,21,22);1H. The highest BCUT2D eigenvalue weighted by Gasteiger charge is 2.18. The minimum atomic E-state index is -0.375. The van der Waals surface area contributed by atoms with E-state index in [0.29, 0.717) is 11.0 Å². The molecule has 7 nitrogen and oxygen atoms in total. The van der Waals surface area contributed by atoms with Crippen molar-refractivity contribution in [2.24, 2.45) is 0 Å². The first-order valence-electron chi connectivity index (χ1n) is 7.88. The molecule has 0 saturated carbocycles. The van der Waals surface area contributed by atoms with E-state index in [1.807, 2.05) is 6.20 Å². The van der Waals surface area contributed by atoms with Crippen LogP contribution in [0, 0.1) is 0 Å². The second-order valence-corrected chi connectivity index (χ2v) is 6.60. The third kappa shape index (κ3) is 5.48. The Morgan fingerprint density at radius 2 is 2.04 bits per heavy atom. The lowest BCUT2D eigenvalue weighted by molar-refractivity contribution is -0.115. The van der Waals surface area contributed by atoms with Crippen molar-refractivity contribution >= 4 is 40.7 Å². The molecule has 3 N–H and O–H groups in total. The zero-order valence-electron chi connectivity index (χ0n) is 13.5. The number of piperidine rings is 1. The van der Waals surface area contributed by atoms with Crippen molar-refractivity contribution in [1.29, 1.82) is 0 Å². The van der Waals surface area contributed by atoms with E-state index in [-0.39, 0.29) is 36.5 Å². The molecule has 0 spiro atoms. The molecule has 25 heavy (non-hydrogen) atoms. The van der Waals surface area contributed by atoms with Gasteiger partial charge in [-0.15, -0.1) is 23.7 Å². The van der Waals surface area contributed by atoms with Crippen LogP contribution >= 0.6 is 23.7 Å². The zero-order valence-corrected chi connectivity index (χ0v) is 15.2. The van der Waals surface area contributed by atoms with Gasteiger partial charge in [-0.3, -0.25) is 14.6 Å². The van der Waals surface area contributed by atoms with Crippen LogP contribution < -0.4 is 16.0 Å². The highest BCUT2D eigenvalue weighted by atomic mass is 35.5. The average Bonchev–Trinajstić information content (AvgIpc) is 3.09. The number of aromatic nitrogens is 2. The third-order valence-electron chi connectivity index (χ3n) is 3.82. The normalized spacial score (nSPS) is 14.4. The first-order chi connectivity index (χ1) is 11.7. The number of carbonyl (C=O) groups excluding carboxylic acids is 2. The van der Waals surface area contributed by atoms with Gasteiger partial charge in [0.15, 0.2) is 5.13 Å². The predicted molar refractivity (Wildman–Crippen MR) is 99.4 cm³/mol. The van der Waals surface area contributed by atoms with Crippen molar-refractivity contribution in [2.45, 2.75) is 18.8 Å². The van der Waals surface area contributed by atoms with E-state index in [9.17, 15) is 9.59 Å². The van der Waals surface area contributed by atoms with Crippen LogP contribution in [0.3, 0.4) is 0 Å². The Morgan fingerprint density at radius 1 is 1.24 bits per heavy atom. The van der Waals surface area contributed by atoms with Crippen molar-refractivity contribution < 1.29 is 9.59 Å². The van der Waals surface area contributed by atoms with Crippen molar-refractivity contribution in [3.8, 4) is 0 Å². The third-order valence-corrected chi connectivity index (χ3v) is 4.89. The summed E-state index contributed by atoms with van der Waals surface area (Å²) in [7, 11) is 0. The van der Waals surface area contributed by atoms with E-state index in [0.717, 1.165) is 25.9 Å². The second-order valence-electron chi connectivity index (χ2n) is 5.54. The Morgan fingerprint density at radius 3 is 2.76 bits per heavy atom. The number of anilines is 1. The van der Waals surface area contributed by atoms with Crippen LogP contribution in [0.2, 0.25) is 0 Å². The molecule has 3 rings (SSSR count). The molecule has 2 amide bonds. The molecule has 1 aliphatic heterocycles. The zero-order chi connectivity index (χ0) is 16.8. The summed E-state index contributed by atoms with van der Waals surface area (Å²) in [6.07, 6.45) is 5.56. The van der Waals surface area contributed by atoms with Crippen molar-refractivity contribution in [3.05, 3.63) is 41.2 Å². The van der Waals surface area contributed by atoms with Gasteiger partial charge in [0.1, 0.15) is 5.69 Å². The van der Waals surface area contributed by atoms with Crippen LogP contribution in [0.25, 0.3) is 0 Å². The summed E-state index contributed by atoms with van der Waals surface area (Å²) in [6, 6.07) is 5.05. The Bertz CT molecular complexity index is 704. The summed E-state index contributed by atoms with van der Waals surface area (Å²) < 4.78 is 0. The lowest BCUT2D eigenvalue weighted by atomic mass is 9.97. The average molecular weight is 382 g/mol. The van der Waals surface area contributed by atoms with Gasteiger partial charge in [-0.1, -0.05) is 6.07 Å². The largest absolute Gasteiger partial charge is 0.342 e. The monoisotopic (exact) mass is 381 g/mol. The molecule has 0 bridgehead atoms. The summed E-state index contributed by atoms with van der Waals surface area (Å²) in [5, 5.41) is 9.17. The number of rotatable bonds is 5. The van der Waals surface area contributed by atoms with Gasteiger partial charge < -0.3 is 16.0 Å². The van der Waals surface area contributed by atoms with Gasteiger partial charge in [-0.05, 0) is 44.0 Å². The van der Waals surface area contributed by atoms with Crippen molar-refractivity contribution in [2.75, 3.05) is 25.0 Å². The van der Waals surface area contributed by atoms with E-state index in [4.69, 9.17) is 0 Å². The van der Waals surface area contributed by atoms with E-state index in [1.54, 1.807) is 18.2 Å². The molecule has 1 aliphatic rings. The smallest absolute Gasteiger partial charge is 0.270 e. The fourth-order valence-corrected chi connectivity index (χ4v) is 3.55. The summed E-state index contributed by atoms with van der Waals surface area (Å²) in [6.45, 7) is 1.92. The van der Waals surface area contributed by atoms with Gasteiger partial charge in [-0.25, -0.2) is 4.98 Å². The minimum Gasteiger partial charge on any atom is -0.342 e. The molecule has 0 radical (unpaired) electrons. The first kappa shape index (κ1) is 19.3. The number of hydrogen-bond acceptors (Lipinski definition) is 6. The molecule has 1 fully saturated rings. The number of pyridine rings is 1. The van der Waals surface area contributed by atoms with Crippen LogP contribution in [0.1, 0.15) is 34.1 Å². The van der Waals surface area contributed by atoms with E-state index in [2.05, 4.69) is 25.9 Å². The quantitative estimate of drug-likeness (QED) is 0.733. The second kappa shape index (κ2) is 9.45. The fraction of sp³-hybridized carbons (Fsp3) is 0.375. The molecule has 1 saturated heterocycles. The summed E-state index contributed by atoms with van der Waals surface area (Å²) in [5.41, 5.74) is 0.285. The van der Waals surface area contributed by atoms with Gasteiger partial charge >= 0.3 is 0 Å². The lowest BCUT2D eigenvalue weighted by Gasteiger charge is -2.20. The van der Waals surface area contributed by atoms with Gasteiger partial charge in [0.05, 0.1) is 6.54 Å². The number of nitrogens with one attached hydrogen (secondary N) is 3. The molecule has 0 unspecified atom stereocenters. The molecule has 0 aromatic carbocycles. The first-order valence-corrected chi connectivity index (χ1v) is 8.69. The van der Waals surface area contributed by atoms with E-state index < -0.39 is 0 Å². The number of halogens is 1. The topological polar surface area (TPSA) is 96.0 Å². The highest BCUT2D eigenvalue weighted by Crippen LogP contribution is 2.31. The maximum atomic E-state index is 11.9. The molecule has 2 aromatic rings. The number of amides is 2. The molecular formula is C16H20ClN5O2S. The number of thiazole rings is 1.